The van der Waals surface area contributed by atoms with Crippen LogP contribution in [-0.2, 0) is 11.2 Å². The van der Waals surface area contributed by atoms with Gasteiger partial charge in [-0.3, -0.25) is 4.79 Å². The van der Waals surface area contributed by atoms with Crippen LogP contribution < -0.4 is 11.1 Å². The van der Waals surface area contributed by atoms with Crippen LogP contribution in [0.15, 0.2) is 12.1 Å². The normalized spacial score (nSPS) is 18.5. The van der Waals surface area contributed by atoms with Gasteiger partial charge in [0.2, 0.25) is 5.91 Å². The van der Waals surface area contributed by atoms with E-state index in [4.69, 9.17) is 17.3 Å². The number of aryl methyl sites for hydroxylation is 1. The quantitative estimate of drug-likeness (QED) is 0.870. The molecule has 0 aromatic carbocycles. The fourth-order valence-electron chi connectivity index (χ4n) is 2.62. The molecular weight excluding hydrogens is 310 g/mol. The standard InChI is InChI=1S/C14H20ClN3O2S/c15-12-6-4-11(21-12)5-7-13(19)18-8-2-1-3-10(18)9-17-14(16)20/h4,6,10H,1-3,5,7-9H2,(H3,16,17,20). The van der Waals surface area contributed by atoms with Crippen molar-refractivity contribution in [2.75, 3.05) is 13.1 Å². The van der Waals surface area contributed by atoms with Crippen LogP contribution in [0.3, 0.4) is 0 Å². The Bertz CT molecular complexity index is 506. The van der Waals surface area contributed by atoms with Crippen molar-refractivity contribution in [3.8, 4) is 0 Å². The molecule has 0 radical (unpaired) electrons. The molecule has 3 amide bonds. The zero-order valence-electron chi connectivity index (χ0n) is 11.8. The Labute approximate surface area is 133 Å². The van der Waals surface area contributed by atoms with Crippen LogP contribution in [0.5, 0.6) is 0 Å². The van der Waals surface area contributed by atoms with Gasteiger partial charge in [0.1, 0.15) is 0 Å². The Morgan fingerprint density at radius 2 is 2.24 bits per heavy atom. The van der Waals surface area contributed by atoms with Gasteiger partial charge in [0.15, 0.2) is 0 Å². The maximum Gasteiger partial charge on any atom is 0.312 e. The number of thiophene rings is 1. The number of nitrogens with one attached hydrogen (secondary N) is 1. The van der Waals surface area contributed by atoms with Crippen LogP contribution in [0, 0.1) is 0 Å². The van der Waals surface area contributed by atoms with E-state index in [-0.39, 0.29) is 11.9 Å². The summed E-state index contributed by atoms with van der Waals surface area (Å²) in [5.74, 6) is 0.135. The van der Waals surface area contributed by atoms with E-state index in [0.717, 1.165) is 35.0 Å². The lowest BCUT2D eigenvalue weighted by Gasteiger charge is -2.35. The molecule has 5 nitrogen and oxygen atoms in total. The molecule has 1 saturated heterocycles. The van der Waals surface area contributed by atoms with Crippen molar-refractivity contribution >= 4 is 34.9 Å². The second-order valence-electron chi connectivity index (χ2n) is 5.19. The minimum Gasteiger partial charge on any atom is -0.352 e. The third-order valence-corrected chi connectivity index (χ3v) is 4.96. The topological polar surface area (TPSA) is 75.4 Å². The summed E-state index contributed by atoms with van der Waals surface area (Å²) in [7, 11) is 0. The second kappa shape index (κ2) is 7.66. The molecule has 1 aromatic rings. The summed E-state index contributed by atoms with van der Waals surface area (Å²) in [6, 6.07) is 3.33. The number of nitrogens with two attached hydrogens (primary N) is 1. The van der Waals surface area contributed by atoms with E-state index in [2.05, 4.69) is 5.32 Å². The molecule has 1 aromatic heterocycles. The number of carbonyl (C=O) groups is 2. The van der Waals surface area contributed by atoms with Crippen LogP contribution in [-0.4, -0.2) is 36.0 Å². The van der Waals surface area contributed by atoms with Crippen molar-refractivity contribution in [2.24, 2.45) is 5.73 Å². The molecule has 1 fully saturated rings. The van der Waals surface area contributed by atoms with E-state index in [0.29, 0.717) is 19.4 Å². The van der Waals surface area contributed by atoms with E-state index >= 15 is 0 Å². The Morgan fingerprint density at radius 1 is 1.43 bits per heavy atom. The first kappa shape index (κ1) is 16.1. The SMILES string of the molecule is NC(=O)NCC1CCCCN1C(=O)CCc1ccc(Cl)s1. The molecule has 1 unspecified atom stereocenters. The molecular formula is C14H20ClN3O2S. The molecule has 1 aliphatic rings. The molecule has 21 heavy (non-hydrogen) atoms. The Kier molecular flexibility index (Phi) is 5.87. The van der Waals surface area contributed by atoms with E-state index in [1.165, 1.54) is 11.3 Å². The number of hydrogen-bond acceptors (Lipinski definition) is 3. The number of rotatable bonds is 5. The van der Waals surface area contributed by atoms with Gasteiger partial charge < -0.3 is 16.0 Å². The number of likely N-dealkylation sites (tertiary alicyclic amines) is 1. The average molecular weight is 330 g/mol. The predicted molar refractivity (Wildman–Crippen MR) is 84.6 cm³/mol. The maximum absolute atomic E-state index is 12.4. The predicted octanol–water partition coefficient (Wildman–Crippen LogP) is 2.38. The molecule has 3 N–H and O–H groups in total. The molecule has 7 heteroatoms. The molecule has 0 aliphatic carbocycles. The van der Waals surface area contributed by atoms with Crippen molar-refractivity contribution < 1.29 is 9.59 Å². The molecule has 0 bridgehead atoms. The van der Waals surface area contributed by atoms with Crippen LogP contribution in [0.25, 0.3) is 0 Å². The lowest BCUT2D eigenvalue weighted by molar-refractivity contribution is -0.134. The lowest BCUT2D eigenvalue weighted by atomic mass is 10.0. The summed E-state index contributed by atoms with van der Waals surface area (Å²) in [4.78, 5) is 26.2. The summed E-state index contributed by atoms with van der Waals surface area (Å²) in [6.45, 7) is 1.20. The third-order valence-electron chi connectivity index (χ3n) is 3.67. The fraction of sp³-hybridized carbons (Fsp3) is 0.571. The Hall–Kier alpha value is -1.27. The number of nitrogens with zero attached hydrogens (tertiary/aromatic N) is 1. The summed E-state index contributed by atoms with van der Waals surface area (Å²) < 4.78 is 0.749. The minimum atomic E-state index is -0.541. The van der Waals surface area contributed by atoms with E-state index < -0.39 is 6.03 Å². The molecule has 0 saturated carbocycles. The second-order valence-corrected chi connectivity index (χ2v) is 6.99. The van der Waals surface area contributed by atoms with Gasteiger partial charge >= 0.3 is 6.03 Å². The smallest absolute Gasteiger partial charge is 0.312 e. The van der Waals surface area contributed by atoms with Crippen molar-refractivity contribution in [1.29, 1.82) is 0 Å². The lowest BCUT2D eigenvalue weighted by Crippen LogP contribution is -2.50. The zero-order valence-corrected chi connectivity index (χ0v) is 13.4. The Morgan fingerprint density at radius 3 is 2.90 bits per heavy atom. The number of amides is 3. The number of carbonyl (C=O) groups excluding carboxylic acids is 2. The first-order valence-corrected chi connectivity index (χ1v) is 8.32. The summed E-state index contributed by atoms with van der Waals surface area (Å²) in [5, 5.41) is 2.61. The largest absolute Gasteiger partial charge is 0.352 e. The zero-order chi connectivity index (χ0) is 15.2. The third kappa shape index (κ3) is 4.89. The molecule has 2 rings (SSSR count). The average Bonchev–Trinajstić information content (AvgIpc) is 2.88. The van der Waals surface area contributed by atoms with Crippen molar-refractivity contribution in [1.82, 2.24) is 10.2 Å². The summed E-state index contributed by atoms with van der Waals surface area (Å²) in [6.07, 6.45) is 4.20. The fourth-order valence-corrected chi connectivity index (χ4v) is 3.71. The van der Waals surface area contributed by atoms with Gasteiger partial charge in [-0.25, -0.2) is 4.79 Å². The van der Waals surface area contributed by atoms with E-state index in [9.17, 15) is 9.59 Å². The number of piperidine rings is 1. The van der Waals surface area contributed by atoms with Gasteiger partial charge in [-0.2, -0.15) is 0 Å². The number of halogens is 1. The Balaban J connectivity index is 1.87. The van der Waals surface area contributed by atoms with Gasteiger partial charge in [-0.1, -0.05) is 11.6 Å². The van der Waals surface area contributed by atoms with Crippen LogP contribution in [0.1, 0.15) is 30.6 Å². The van der Waals surface area contributed by atoms with Crippen molar-refractivity contribution in [2.45, 2.75) is 38.1 Å². The number of hydrogen-bond donors (Lipinski definition) is 2. The van der Waals surface area contributed by atoms with Crippen molar-refractivity contribution in [3.05, 3.63) is 21.3 Å². The molecule has 1 aliphatic heterocycles. The first-order chi connectivity index (χ1) is 10.1. The van der Waals surface area contributed by atoms with Gasteiger partial charge in [-0.05, 0) is 37.8 Å². The highest BCUT2D eigenvalue weighted by Crippen LogP contribution is 2.23. The van der Waals surface area contributed by atoms with E-state index in [1.807, 2.05) is 17.0 Å². The first-order valence-electron chi connectivity index (χ1n) is 7.13. The minimum absolute atomic E-state index is 0.0608. The number of urea groups is 1. The highest BCUT2D eigenvalue weighted by Gasteiger charge is 2.26. The summed E-state index contributed by atoms with van der Waals surface area (Å²) in [5.41, 5.74) is 5.10. The van der Waals surface area contributed by atoms with Gasteiger partial charge in [0.05, 0.1) is 4.34 Å². The highest BCUT2D eigenvalue weighted by molar-refractivity contribution is 7.16. The molecule has 1 atom stereocenters. The highest BCUT2D eigenvalue weighted by atomic mass is 35.5. The number of primary amides is 1. The van der Waals surface area contributed by atoms with Crippen molar-refractivity contribution in [3.63, 3.8) is 0 Å². The molecule has 116 valence electrons. The monoisotopic (exact) mass is 329 g/mol. The molecule has 2 heterocycles. The van der Waals surface area contributed by atoms with Crippen LogP contribution in [0.4, 0.5) is 4.79 Å². The maximum atomic E-state index is 12.4. The van der Waals surface area contributed by atoms with Crippen LogP contribution in [0.2, 0.25) is 4.34 Å². The van der Waals surface area contributed by atoms with Gasteiger partial charge in [-0.15, -0.1) is 11.3 Å². The van der Waals surface area contributed by atoms with Crippen LogP contribution >= 0.6 is 22.9 Å². The van der Waals surface area contributed by atoms with E-state index in [1.54, 1.807) is 0 Å². The summed E-state index contributed by atoms with van der Waals surface area (Å²) >= 11 is 7.40. The van der Waals surface area contributed by atoms with Gasteiger partial charge in [0, 0.05) is 30.4 Å². The molecule has 0 spiro atoms. The van der Waals surface area contributed by atoms with Gasteiger partial charge in [0.25, 0.3) is 0 Å².